The van der Waals surface area contributed by atoms with E-state index in [1.54, 1.807) is 24.3 Å². The van der Waals surface area contributed by atoms with E-state index < -0.39 is 5.97 Å². The Bertz CT molecular complexity index is 835. The number of para-hydroxylation sites is 2. The molecule has 1 N–H and O–H groups in total. The van der Waals surface area contributed by atoms with E-state index in [-0.39, 0.29) is 12.5 Å². The molecule has 0 atom stereocenters. The highest BCUT2D eigenvalue weighted by Crippen LogP contribution is 2.15. The number of oxazole rings is 1. The number of nitrogens with one attached hydrogen (secondary N) is 1. The Morgan fingerprint density at radius 2 is 1.88 bits per heavy atom. The van der Waals surface area contributed by atoms with Crippen LogP contribution in [-0.2, 0) is 22.7 Å². The number of aromatic nitrogens is 1. The fourth-order valence-electron chi connectivity index (χ4n) is 2.18. The zero-order valence-electron chi connectivity index (χ0n) is 13.1. The predicted octanol–water partition coefficient (Wildman–Crippen LogP) is 2.82. The monoisotopic (exact) mass is 324 g/mol. The Balaban J connectivity index is 1.59. The van der Waals surface area contributed by atoms with Crippen LogP contribution in [0.5, 0.6) is 0 Å². The number of benzene rings is 2. The Morgan fingerprint density at radius 3 is 2.58 bits per heavy atom. The van der Waals surface area contributed by atoms with Crippen molar-refractivity contribution in [3.8, 4) is 0 Å². The van der Waals surface area contributed by atoms with Gasteiger partial charge in [0.25, 0.3) is 0 Å². The van der Waals surface area contributed by atoms with Gasteiger partial charge in [0, 0.05) is 13.5 Å². The fraction of sp³-hybridized carbons (Fsp3) is 0.167. The van der Waals surface area contributed by atoms with Crippen molar-refractivity contribution in [1.29, 1.82) is 0 Å². The minimum absolute atomic E-state index is 0.0266. The summed E-state index contributed by atoms with van der Waals surface area (Å²) in [7, 11) is 0. The number of nitrogens with zero attached hydrogens (tertiary/aromatic N) is 1. The number of carbonyl (C=O) groups excluding carboxylic acids is 2. The summed E-state index contributed by atoms with van der Waals surface area (Å²) in [5.41, 5.74) is 2.72. The summed E-state index contributed by atoms with van der Waals surface area (Å²) in [5, 5.41) is 2.69. The van der Waals surface area contributed by atoms with E-state index in [1.807, 2.05) is 24.3 Å². The first-order valence-corrected chi connectivity index (χ1v) is 7.47. The molecule has 0 saturated heterocycles. The van der Waals surface area contributed by atoms with Crippen LogP contribution in [0, 0.1) is 0 Å². The van der Waals surface area contributed by atoms with Gasteiger partial charge in [0.05, 0.1) is 5.56 Å². The van der Waals surface area contributed by atoms with E-state index >= 15 is 0 Å². The van der Waals surface area contributed by atoms with Gasteiger partial charge < -0.3 is 14.5 Å². The van der Waals surface area contributed by atoms with Gasteiger partial charge in [-0.3, -0.25) is 4.79 Å². The molecule has 0 unspecified atom stereocenters. The highest BCUT2D eigenvalue weighted by Gasteiger charge is 2.11. The molecule has 0 aliphatic heterocycles. The average molecular weight is 324 g/mol. The first-order chi connectivity index (χ1) is 11.6. The molecular weight excluding hydrogens is 308 g/mol. The zero-order valence-corrected chi connectivity index (χ0v) is 13.1. The van der Waals surface area contributed by atoms with E-state index in [1.165, 1.54) is 6.92 Å². The second-order valence-corrected chi connectivity index (χ2v) is 5.26. The molecule has 0 spiro atoms. The average Bonchev–Trinajstić information content (AvgIpc) is 3.01. The van der Waals surface area contributed by atoms with Crippen LogP contribution in [-0.4, -0.2) is 16.9 Å². The van der Waals surface area contributed by atoms with Crippen molar-refractivity contribution in [2.24, 2.45) is 0 Å². The van der Waals surface area contributed by atoms with E-state index in [4.69, 9.17) is 9.15 Å². The Morgan fingerprint density at radius 1 is 1.12 bits per heavy atom. The maximum atomic E-state index is 12.0. The number of carbonyl (C=O) groups is 2. The van der Waals surface area contributed by atoms with Gasteiger partial charge in [-0.15, -0.1) is 0 Å². The van der Waals surface area contributed by atoms with Crippen molar-refractivity contribution in [3.05, 3.63) is 65.5 Å². The molecular formula is C18H16N2O4. The standard InChI is InChI=1S/C18H16N2O4/c1-12(21)19-10-13-6-8-14(9-7-13)18(22)23-11-17-20-15-4-2-3-5-16(15)24-17/h2-9H,10-11H2,1H3,(H,19,21). The van der Waals surface area contributed by atoms with Gasteiger partial charge in [0.2, 0.25) is 11.8 Å². The summed E-state index contributed by atoms with van der Waals surface area (Å²) in [6.45, 7) is 1.85. The van der Waals surface area contributed by atoms with Crippen LogP contribution < -0.4 is 5.32 Å². The molecule has 3 aromatic rings. The summed E-state index contributed by atoms with van der Waals surface area (Å²) >= 11 is 0. The smallest absolute Gasteiger partial charge is 0.338 e. The first-order valence-electron chi connectivity index (χ1n) is 7.47. The molecule has 2 aromatic carbocycles. The predicted molar refractivity (Wildman–Crippen MR) is 87.1 cm³/mol. The molecule has 3 rings (SSSR count). The lowest BCUT2D eigenvalue weighted by Crippen LogP contribution is -2.18. The fourth-order valence-corrected chi connectivity index (χ4v) is 2.18. The van der Waals surface area contributed by atoms with Gasteiger partial charge in [-0.1, -0.05) is 24.3 Å². The maximum absolute atomic E-state index is 12.0. The number of amides is 1. The Hall–Kier alpha value is -3.15. The molecule has 0 saturated carbocycles. The number of fused-ring (bicyclic) bond motifs is 1. The molecule has 0 aliphatic rings. The summed E-state index contributed by atoms with van der Waals surface area (Å²) in [6, 6.07) is 14.2. The summed E-state index contributed by atoms with van der Waals surface area (Å²) in [6.07, 6.45) is 0. The molecule has 1 aromatic heterocycles. The van der Waals surface area contributed by atoms with Gasteiger partial charge in [-0.25, -0.2) is 9.78 Å². The van der Waals surface area contributed by atoms with Crippen LogP contribution >= 0.6 is 0 Å². The number of rotatable bonds is 5. The molecule has 24 heavy (non-hydrogen) atoms. The number of esters is 1. The number of ether oxygens (including phenoxy) is 1. The van der Waals surface area contributed by atoms with Crippen molar-refractivity contribution in [3.63, 3.8) is 0 Å². The molecule has 0 bridgehead atoms. The lowest BCUT2D eigenvalue weighted by molar-refractivity contribution is -0.119. The van der Waals surface area contributed by atoms with E-state index in [0.717, 1.165) is 11.1 Å². The van der Waals surface area contributed by atoms with Crippen molar-refractivity contribution in [2.45, 2.75) is 20.1 Å². The van der Waals surface area contributed by atoms with Gasteiger partial charge in [0.15, 0.2) is 12.2 Å². The van der Waals surface area contributed by atoms with Crippen LogP contribution in [0.15, 0.2) is 52.9 Å². The molecule has 6 nitrogen and oxygen atoms in total. The maximum Gasteiger partial charge on any atom is 0.338 e. The SMILES string of the molecule is CC(=O)NCc1ccc(C(=O)OCc2nc3ccccc3o2)cc1. The summed E-state index contributed by atoms with van der Waals surface area (Å²) < 4.78 is 10.7. The third-order valence-corrected chi connectivity index (χ3v) is 3.40. The third kappa shape index (κ3) is 3.78. The minimum atomic E-state index is -0.455. The van der Waals surface area contributed by atoms with Crippen molar-refractivity contribution in [1.82, 2.24) is 10.3 Å². The van der Waals surface area contributed by atoms with Crippen LogP contribution in [0.2, 0.25) is 0 Å². The van der Waals surface area contributed by atoms with Crippen molar-refractivity contribution in [2.75, 3.05) is 0 Å². The van der Waals surface area contributed by atoms with Crippen LogP contribution in [0.1, 0.15) is 28.7 Å². The van der Waals surface area contributed by atoms with Gasteiger partial charge in [0.1, 0.15) is 5.52 Å². The zero-order chi connectivity index (χ0) is 16.9. The van der Waals surface area contributed by atoms with Crippen LogP contribution in [0.25, 0.3) is 11.1 Å². The quantitative estimate of drug-likeness (QED) is 0.730. The topological polar surface area (TPSA) is 81.4 Å². The van der Waals surface area contributed by atoms with Crippen LogP contribution in [0.4, 0.5) is 0 Å². The lowest BCUT2D eigenvalue weighted by Gasteiger charge is -2.05. The molecule has 122 valence electrons. The van der Waals surface area contributed by atoms with E-state index in [0.29, 0.717) is 23.6 Å². The lowest BCUT2D eigenvalue weighted by atomic mass is 10.1. The normalized spacial score (nSPS) is 10.5. The highest BCUT2D eigenvalue weighted by atomic mass is 16.5. The second kappa shape index (κ2) is 6.95. The van der Waals surface area contributed by atoms with E-state index in [2.05, 4.69) is 10.3 Å². The molecule has 0 fully saturated rings. The molecule has 1 amide bonds. The van der Waals surface area contributed by atoms with Crippen molar-refractivity contribution >= 4 is 23.0 Å². The largest absolute Gasteiger partial charge is 0.452 e. The van der Waals surface area contributed by atoms with Gasteiger partial charge in [-0.2, -0.15) is 0 Å². The summed E-state index contributed by atoms with van der Waals surface area (Å²) in [4.78, 5) is 27.2. The molecule has 1 heterocycles. The highest BCUT2D eigenvalue weighted by molar-refractivity contribution is 5.89. The molecule has 6 heteroatoms. The first kappa shape index (κ1) is 15.7. The Labute approximate surface area is 138 Å². The second-order valence-electron chi connectivity index (χ2n) is 5.26. The summed E-state index contributed by atoms with van der Waals surface area (Å²) in [5.74, 6) is -0.202. The molecule has 0 radical (unpaired) electrons. The Kier molecular flexibility index (Phi) is 4.56. The number of hydrogen-bond donors (Lipinski definition) is 1. The third-order valence-electron chi connectivity index (χ3n) is 3.40. The van der Waals surface area contributed by atoms with E-state index in [9.17, 15) is 9.59 Å². The number of hydrogen-bond acceptors (Lipinski definition) is 5. The van der Waals surface area contributed by atoms with Crippen molar-refractivity contribution < 1.29 is 18.7 Å². The van der Waals surface area contributed by atoms with Crippen LogP contribution in [0.3, 0.4) is 0 Å². The van der Waals surface area contributed by atoms with Gasteiger partial charge >= 0.3 is 5.97 Å². The minimum Gasteiger partial charge on any atom is -0.452 e. The van der Waals surface area contributed by atoms with Gasteiger partial charge in [-0.05, 0) is 29.8 Å². The molecule has 0 aliphatic carbocycles.